The maximum absolute atomic E-state index is 12.8. The second kappa shape index (κ2) is 5.26. The van der Waals surface area contributed by atoms with Gasteiger partial charge in [-0.05, 0) is 17.5 Å². The molecule has 0 heterocycles. The fourth-order valence-corrected chi connectivity index (χ4v) is 1.55. The van der Waals surface area contributed by atoms with Crippen LogP contribution in [0, 0.1) is 11.2 Å². The Morgan fingerprint density at radius 3 is 2.32 bits per heavy atom. The summed E-state index contributed by atoms with van der Waals surface area (Å²) < 4.78 is 12.8. The van der Waals surface area contributed by atoms with Crippen molar-refractivity contribution in [1.29, 1.82) is 0 Å². The summed E-state index contributed by atoms with van der Waals surface area (Å²) in [6.07, 6.45) is 0. The number of carbonyl (C=O) groups excluding carboxylic acids is 1. The van der Waals surface area contributed by atoms with Gasteiger partial charge in [-0.15, -0.1) is 0 Å². The molecular formula is C13H16FNO4. The lowest BCUT2D eigenvalue weighted by atomic mass is 9.86. The van der Waals surface area contributed by atoms with E-state index in [2.05, 4.69) is 5.32 Å². The minimum absolute atomic E-state index is 0.170. The molecule has 5 nitrogen and oxygen atoms in total. The molecule has 0 saturated carbocycles. The number of nitrogens with one attached hydrogen (secondary N) is 1. The van der Waals surface area contributed by atoms with Crippen LogP contribution < -0.4 is 5.32 Å². The highest BCUT2D eigenvalue weighted by Crippen LogP contribution is 2.22. The molecule has 19 heavy (non-hydrogen) atoms. The Hall–Kier alpha value is -2.11. The summed E-state index contributed by atoms with van der Waals surface area (Å²) in [5.41, 5.74) is -0.867. The van der Waals surface area contributed by atoms with Crippen molar-refractivity contribution in [2.24, 2.45) is 5.41 Å². The normalized spacial score (nSPS) is 12.8. The molecule has 3 N–H and O–H groups in total. The highest BCUT2D eigenvalue weighted by molar-refractivity contribution is 5.98. The van der Waals surface area contributed by atoms with E-state index in [1.54, 1.807) is 20.8 Å². The Morgan fingerprint density at radius 2 is 1.89 bits per heavy atom. The molecule has 0 bridgehead atoms. The molecule has 0 spiro atoms. The van der Waals surface area contributed by atoms with Gasteiger partial charge in [0.15, 0.2) is 0 Å². The van der Waals surface area contributed by atoms with Crippen molar-refractivity contribution >= 4 is 11.9 Å². The van der Waals surface area contributed by atoms with Gasteiger partial charge in [0.05, 0.1) is 5.56 Å². The predicted molar refractivity (Wildman–Crippen MR) is 66.4 cm³/mol. The Labute approximate surface area is 110 Å². The van der Waals surface area contributed by atoms with Crippen LogP contribution in [0.2, 0.25) is 0 Å². The average Bonchev–Trinajstić information content (AvgIpc) is 2.23. The van der Waals surface area contributed by atoms with E-state index < -0.39 is 34.9 Å². The molecule has 0 radical (unpaired) electrons. The molecule has 1 aromatic rings. The highest BCUT2D eigenvalue weighted by atomic mass is 19.1. The molecule has 1 atom stereocenters. The van der Waals surface area contributed by atoms with Gasteiger partial charge in [0.1, 0.15) is 17.6 Å². The Morgan fingerprint density at radius 1 is 1.32 bits per heavy atom. The largest absolute Gasteiger partial charge is 0.507 e. The van der Waals surface area contributed by atoms with Gasteiger partial charge in [-0.1, -0.05) is 20.8 Å². The van der Waals surface area contributed by atoms with Gasteiger partial charge in [-0.25, -0.2) is 9.18 Å². The Kier molecular flexibility index (Phi) is 4.14. The molecule has 1 amide bonds. The number of aliphatic carboxylic acids is 1. The molecule has 1 aromatic carbocycles. The second-order valence-electron chi connectivity index (χ2n) is 5.27. The number of phenolic OH excluding ortho intramolecular Hbond substituents is 1. The molecule has 0 aliphatic rings. The topological polar surface area (TPSA) is 86.6 Å². The number of aromatic hydroxyl groups is 1. The molecular weight excluding hydrogens is 253 g/mol. The van der Waals surface area contributed by atoms with Crippen molar-refractivity contribution in [3.63, 3.8) is 0 Å². The van der Waals surface area contributed by atoms with Crippen LogP contribution >= 0.6 is 0 Å². The van der Waals surface area contributed by atoms with E-state index in [9.17, 15) is 19.1 Å². The first-order valence-electron chi connectivity index (χ1n) is 5.65. The monoisotopic (exact) mass is 269 g/mol. The van der Waals surface area contributed by atoms with Crippen molar-refractivity contribution in [2.75, 3.05) is 0 Å². The zero-order valence-corrected chi connectivity index (χ0v) is 10.9. The van der Waals surface area contributed by atoms with Crippen LogP contribution in [0.5, 0.6) is 5.75 Å². The molecule has 0 aromatic heterocycles. The number of hydrogen-bond donors (Lipinski definition) is 3. The molecule has 6 heteroatoms. The second-order valence-corrected chi connectivity index (χ2v) is 5.27. The molecule has 104 valence electrons. The lowest BCUT2D eigenvalue weighted by Crippen LogP contribution is -2.49. The fourth-order valence-electron chi connectivity index (χ4n) is 1.55. The molecule has 0 aliphatic heterocycles. The van der Waals surface area contributed by atoms with Crippen molar-refractivity contribution in [2.45, 2.75) is 26.8 Å². The zero-order valence-electron chi connectivity index (χ0n) is 10.9. The number of carbonyl (C=O) groups is 2. The van der Waals surface area contributed by atoms with E-state index in [4.69, 9.17) is 5.11 Å². The van der Waals surface area contributed by atoms with Gasteiger partial charge in [-0.2, -0.15) is 0 Å². The van der Waals surface area contributed by atoms with Gasteiger partial charge >= 0.3 is 5.97 Å². The fraction of sp³-hybridized carbons (Fsp3) is 0.385. The van der Waals surface area contributed by atoms with Crippen LogP contribution in [-0.4, -0.2) is 28.1 Å². The lowest BCUT2D eigenvalue weighted by Gasteiger charge is -2.27. The number of amides is 1. The van der Waals surface area contributed by atoms with E-state index >= 15 is 0 Å². The maximum atomic E-state index is 12.8. The van der Waals surface area contributed by atoms with Crippen molar-refractivity contribution in [3.05, 3.63) is 29.6 Å². The van der Waals surface area contributed by atoms with E-state index in [1.165, 1.54) is 0 Å². The van der Waals surface area contributed by atoms with Gasteiger partial charge in [0, 0.05) is 6.07 Å². The molecule has 0 fully saturated rings. The predicted octanol–water partition coefficient (Wildman–Crippen LogP) is 1.76. The number of halogens is 1. The molecule has 1 rings (SSSR count). The summed E-state index contributed by atoms with van der Waals surface area (Å²) in [6.45, 7) is 4.99. The smallest absolute Gasteiger partial charge is 0.326 e. The third-order valence-electron chi connectivity index (χ3n) is 2.59. The zero-order chi connectivity index (χ0) is 14.8. The minimum Gasteiger partial charge on any atom is -0.507 e. The van der Waals surface area contributed by atoms with Crippen molar-refractivity contribution in [3.8, 4) is 5.75 Å². The standard InChI is InChI=1S/C13H16FNO4/c1-13(2,3)10(12(18)19)15-11(17)8-5-4-7(14)6-9(8)16/h4-6,10,16H,1-3H3,(H,15,17)(H,18,19)/t10-/m1/s1. The highest BCUT2D eigenvalue weighted by Gasteiger charge is 2.33. The van der Waals surface area contributed by atoms with E-state index in [0.29, 0.717) is 0 Å². The average molecular weight is 269 g/mol. The first-order chi connectivity index (χ1) is 8.62. The SMILES string of the molecule is CC(C)(C)[C@H](NC(=O)c1ccc(F)cc1O)C(=O)O. The third-order valence-corrected chi connectivity index (χ3v) is 2.59. The number of benzene rings is 1. The van der Waals surface area contributed by atoms with Crippen LogP contribution in [0.4, 0.5) is 4.39 Å². The summed E-state index contributed by atoms with van der Waals surface area (Å²) in [7, 11) is 0. The Balaban J connectivity index is 2.98. The summed E-state index contributed by atoms with van der Waals surface area (Å²) >= 11 is 0. The summed E-state index contributed by atoms with van der Waals surface area (Å²) in [5.74, 6) is -3.16. The number of carboxylic acid groups (broad SMARTS) is 1. The summed E-state index contributed by atoms with van der Waals surface area (Å²) in [5, 5.41) is 20.9. The van der Waals surface area contributed by atoms with Gasteiger partial charge in [0.2, 0.25) is 0 Å². The van der Waals surface area contributed by atoms with Gasteiger partial charge in [0.25, 0.3) is 5.91 Å². The van der Waals surface area contributed by atoms with Gasteiger partial charge in [-0.3, -0.25) is 4.79 Å². The van der Waals surface area contributed by atoms with Crippen molar-refractivity contribution in [1.82, 2.24) is 5.32 Å². The van der Waals surface area contributed by atoms with E-state index in [0.717, 1.165) is 18.2 Å². The van der Waals surface area contributed by atoms with Crippen LogP contribution in [0.25, 0.3) is 0 Å². The number of rotatable bonds is 3. The first-order valence-corrected chi connectivity index (χ1v) is 5.65. The summed E-state index contributed by atoms with van der Waals surface area (Å²) in [4.78, 5) is 23.0. The quantitative estimate of drug-likeness (QED) is 0.780. The minimum atomic E-state index is -1.18. The lowest BCUT2D eigenvalue weighted by molar-refractivity contribution is -0.142. The van der Waals surface area contributed by atoms with Crippen LogP contribution in [-0.2, 0) is 4.79 Å². The number of carboxylic acids is 1. The van der Waals surface area contributed by atoms with Crippen molar-refractivity contribution < 1.29 is 24.2 Å². The van der Waals surface area contributed by atoms with Gasteiger partial charge < -0.3 is 15.5 Å². The van der Waals surface area contributed by atoms with Crippen LogP contribution in [0.3, 0.4) is 0 Å². The number of hydrogen-bond acceptors (Lipinski definition) is 3. The van der Waals surface area contributed by atoms with E-state index in [-0.39, 0.29) is 5.56 Å². The maximum Gasteiger partial charge on any atom is 0.326 e. The van der Waals surface area contributed by atoms with E-state index in [1.807, 2.05) is 0 Å². The number of phenols is 1. The molecule has 0 saturated heterocycles. The van der Waals surface area contributed by atoms with Crippen LogP contribution in [0.1, 0.15) is 31.1 Å². The summed E-state index contributed by atoms with van der Waals surface area (Å²) in [6, 6.07) is 1.79. The van der Waals surface area contributed by atoms with Crippen LogP contribution in [0.15, 0.2) is 18.2 Å². The third kappa shape index (κ3) is 3.67. The molecule has 0 unspecified atom stereocenters. The first kappa shape index (κ1) is 14.9. The molecule has 0 aliphatic carbocycles. The Bertz CT molecular complexity index is 508.